The maximum absolute atomic E-state index is 14.1. The van der Waals surface area contributed by atoms with Crippen molar-refractivity contribution in [3.05, 3.63) is 55.8 Å². The van der Waals surface area contributed by atoms with Crippen molar-refractivity contribution in [1.82, 2.24) is 10.3 Å². The van der Waals surface area contributed by atoms with Gasteiger partial charge in [-0.15, -0.1) is 0 Å². The summed E-state index contributed by atoms with van der Waals surface area (Å²) >= 11 is 7.83. The molecule has 1 aliphatic heterocycles. The van der Waals surface area contributed by atoms with Gasteiger partial charge in [0, 0.05) is 20.1 Å². The molecule has 1 N–H and O–H groups in total. The molecule has 7 heteroatoms. The number of nitrogens with zero attached hydrogens (tertiary/aromatic N) is 1. The van der Waals surface area contributed by atoms with E-state index < -0.39 is 11.6 Å². The zero-order chi connectivity index (χ0) is 17.1. The van der Waals surface area contributed by atoms with Gasteiger partial charge in [0.2, 0.25) is 0 Å². The van der Waals surface area contributed by atoms with E-state index in [-0.39, 0.29) is 18.4 Å². The van der Waals surface area contributed by atoms with Gasteiger partial charge in [0.15, 0.2) is 5.82 Å². The molecule has 1 aliphatic rings. The molecule has 24 heavy (non-hydrogen) atoms. The minimum Gasteiger partial charge on any atom is -0.471 e. The largest absolute Gasteiger partial charge is 0.471 e. The van der Waals surface area contributed by atoms with Crippen molar-refractivity contribution >= 4 is 34.2 Å². The van der Waals surface area contributed by atoms with Crippen LogP contribution in [-0.4, -0.2) is 18.1 Å². The summed E-state index contributed by atoms with van der Waals surface area (Å²) in [6.07, 6.45) is 1.92. The Morgan fingerprint density at radius 2 is 1.96 bits per heavy atom. The van der Waals surface area contributed by atoms with Crippen LogP contribution in [0.3, 0.4) is 0 Å². The van der Waals surface area contributed by atoms with E-state index in [0.29, 0.717) is 10.6 Å². The number of hydrogen-bond donors (Lipinski definition) is 1. The van der Waals surface area contributed by atoms with Crippen molar-refractivity contribution in [2.45, 2.75) is 25.4 Å². The minimum atomic E-state index is -0.536. The molecular weight excluding hydrogens is 449 g/mol. The normalized spacial score (nSPS) is 15.5. The average Bonchev–Trinajstić information content (AvgIpc) is 2.56. The topological polar surface area (TPSA) is 34.1 Å². The number of benzene rings is 1. The molecule has 0 bridgehead atoms. The molecule has 1 aromatic heterocycles. The van der Waals surface area contributed by atoms with E-state index in [1.165, 1.54) is 18.2 Å². The Morgan fingerprint density at radius 1 is 1.21 bits per heavy atom. The quantitative estimate of drug-likeness (QED) is 0.668. The van der Waals surface area contributed by atoms with Crippen molar-refractivity contribution in [3.8, 4) is 5.88 Å². The molecule has 128 valence electrons. The summed E-state index contributed by atoms with van der Waals surface area (Å²) < 4.78 is 34.2. The zero-order valence-electron chi connectivity index (χ0n) is 12.8. The molecule has 0 radical (unpaired) electrons. The number of hydrogen-bond acceptors (Lipinski definition) is 3. The van der Waals surface area contributed by atoms with Crippen LogP contribution < -0.4 is 10.1 Å². The van der Waals surface area contributed by atoms with Crippen molar-refractivity contribution in [2.24, 2.45) is 0 Å². The van der Waals surface area contributed by atoms with Crippen LogP contribution in [0, 0.1) is 15.2 Å². The van der Waals surface area contributed by atoms with E-state index in [9.17, 15) is 8.78 Å². The van der Waals surface area contributed by atoms with Gasteiger partial charge in [0.05, 0.1) is 5.69 Å². The van der Waals surface area contributed by atoms with Gasteiger partial charge in [0.1, 0.15) is 12.4 Å². The fraction of sp³-hybridized carbons (Fsp3) is 0.353. The van der Waals surface area contributed by atoms with Crippen molar-refractivity contribution in [1.29, 1.82) is 0 Å². The Hall–Kier alpha value is -0.990. The van der Waals surface area contributed by atoms with Crippen LogP contribution in [0.1, 0.15) is 30.0 Å². The first-order valence-corrected chi connectivity index (χ1v) is 9.13. The molecule has 0 saturated carbocycles. The number of aromatic nitrogens is 1. The lowest BCUT2D eigenvalue weighted by molar-refractivity contribution is 0.269. The molecular formula is C17H16ClF2IN2O. The van der Waals surface area contributed by atoms with Crippen LogP contribution in [0.2, 0.25) is 5.02 Å². The Labute approximate surface area is 157 Å². The Morgan fingerprint density at radius 3 is 2.67 bits per heavy atom. The summed E-state index contributed by atoms with van der Waals surface area (Å²) in [5, 5.41) is 3.61. The van der Waals surface area contributed by atoms with Gasteiger partial charge >= 0.3 is 0 Å². The van der Waals surface area contributed by atoms with Gasteiger partial charge in [-0.3, -0.25) is 0 Å². The highest BCUT2D eigenvalue weighted by molar-refractivity contribution is 14.1. The Balaban J connectivity index is 1.79. The predicted octanol–water partition coefficient (Wildman–Crippen LogP) is 4.66. The van der Waals surface area contributed by atoms with Gasteiger partial charge in [0.25, 0.3) is 5.88 Å². The summed E-state index contributed by atoms with van der Waals surface area (Å²) in [6, 6.07) is 5.73. The molecule has 0 amide bonds. The van der Waals surface area contributed by atoms with Crippen molar-refractivity contribution in [3.63, 3.8) is 0 Å². The van der Waals surface area contributed by atoms with E-state index in [1.807, 2.05) is 0 Å². The zero-order valence-corrected chi connectivity index (χ0v) is 15.7. The van der Waals surface area contributed by atoms with Crippen LogP contribution >= 0.6 is 34.2 Å². The van der Waals surface area contributed by atoms with Gasteiger partial charge in [-0.1, -0.05) is 17.7 Å². The van der Waals surface area contributed by atoms with Gasteiger partial charge in [-0.25, -0.2) is 13.8 Å². The third-order valence-electron chi connectivity index (χ3n) is 4.03. The maximum Gasteiger partial charge on any atom is 0.251 e. The minimum absolute atomic E-state index is 0.0849. The fourth-order valence-corrected chi connectivity index (χ4v) is 3.72. The summed E-state index contributed by atoms with van der Waals surface area (Å²) in [5.41, 5.74) is 1.16. The van der Waals surface area contributed by atoms with Crippen LogP contribution in [0.5, 0.6) is 5.88 Å². The number of ether oxygens (including phenoxy) is 1. The maximum atomic E-state index is 14.1. The molecule has 2 heterocycles. The number of pyridine rings is 1. The van der Waals surface area contributed by atoms with E-state index in [1.54, 1.807) is 6.07 Å². The highest BCUT2D eigenvalue weighted by Gasteiger charge is 2.22. The predicted molar refractivity (Wildman–Crippen MR) is 97.5 cm³/mol. The van der Waals surface area contributed by atoms with Gasteiger partial charge in [-0.2, -0.15) is 0 Å². The second-order valence-corrected chi connectivity index (χ2v) is 7.29. The van der Waals surface area contributed by atoms with Crippen LogP contribution in [-0.2, 0) is 6.61 Å². The molecule has 1 fully saturated rings. The Kier molecular flexibility index (Phi) is 5.89. The van der Waals surface area contributed by atoms with E-state index in [2.05, 4.69) is 32.9 Å². The molecule has 0 aliphatic carbocycles. The van der Waals surface area contributed by atoms with Gasteiger partial charge < -0.3 is 10.1 Å². The van der Waals surface area contributed by atoms with E-state index in [0.717, 1.165) is 35.2 Å². The summed E-state index contributed by atoms with van der Waals surface area (Å²) in [7, 11) is 0. The molecule has 1 saturated heterocycles. The van der Waals surface area contributed by atoms with Crippen LogP contribution in [0.4, 0.5) is 8.78 Å². The van der Waals surface area contributed by atoms with Crippen molar-refractivity contribution in [2.75, 3.05) is 13.1 Å². The number of nitrogens with one attached hydrogen (secondary N) is 1. The lowest BCUT2D eigenvalue weighted by Gasteiger charge is -2.23. The first-order chi connectivity index (χ1) is 11.5. The smallest absolute Gasteiger partial charge is 0.251 e. The van der Waals surface area contributed by atoms with E-state index in [4.69, 9.17) is 16.3 Å². The number of piperidine rings is 1. The highest BCUT2D eigenvalue weighted by Crippen LogP contribution is 2.31. The summed E-state index contributed by atoms with van der Waals surface area (Å²) in [5.74, 6) is -0.815. The lowest BCUT2D eigenvalue weighted by Crippen LogP contribution is -2.27. The SMILES string of the molecule is Fc1cc(Cl)ccc1COc1nc(C2CCNCC2)c(I)cc1F. The molecule has 2 aromatic rings. The molecule has 3 rings (SSSR count). The molecule has 0 atom stereocenters. The molecule has 0 spiro atoms. The first-order valence-electron chi connectivity index (χ1n) is 7.68. The second-order valence-electron chi connectivity index (χ2n) is 5.69. The molecule has 0 unspecified atom stereocenters. The average molecular weight is 465 g/mol. The van der Waals surface area contributed by atoms with Crippen LogP contribution in [0.15, 0.2) is 24.3 Å². The standard InChI is InChI=1S/C17H16ClF2IN2O/c18-12-2-1-11(13(19)7-12)9-24-17-14(20)8-15(21)16(23-17)10-3-5-22-6-4-10/h1-2,7-8,10,22H,3-6,9H2. The third-order valence-corrected chi connectivity index (χ3v) is 5.13. The lowest BCUT2D eigenvalue weighted by atomic mass is 9.94. The second kappa shape index (κ2) is 7.93. The highest BCUT2D eigenvalue weighted by atomic mass is 127. The fourth-order valence-electron chi connectivity index (χ4n) is 2.73. The Bertz CT molecular complexity index is 739. The van der Waals surface area contributed by atoms with Crippen molar-refractivity contribution < 1.29 is 13.5 Å². The third kappa shape index (κ3) is 4.15. The summed E-state index contributed by atoms with van der Waals surface area (Å²) in [4.78, 5) is 4.38. The van der Waals surface area contributed by atoms with E-state index >= 15 is 0 Å². The summed E-state index contributed by atoms with van der Waals surface area (Å²) in [6.45, 7) is 1.75. The first kappa shape index (κ1) is 17.8. The number of rotatable bonds is 4. The number of halogens is 4. The molecule has 3 nitrogen and oxygen atoms in total. The molecule has 1 aromatic carbocycles. The van der Waals surface area contributed by atoms with Crippen LogP contribution in [0.25, 0.3) is 0 Å². The monoisotopic (exact) mass is 464 g/mol. The van der Waals surface area contributed by atoms with Gasteiger partial charge in [-0.05, 0) is 66.7 Å².